The molecule has 4 aliphatic heterocycles. The molecule has 2 aromatic heterocycles. The lowest BCUT2D eigenvalue weighted by atomic mass is 9.82. The minimum absolute atomic E-state index is 0.0476. The molecule has 4 aromatic rings. The van der Waals surface area contributed by atoms with Gasteiger partial charge in [0.15, 0.2) is 35.2 Å². The highest BCUT2D eigenvalue weighted by Crippen LogP contribution is 2.52. The van der Waals surface area contributed by atoms with Gasteiger partial charge in [-0.1, -0.05) is 12.2 Å². The molecule has 24 nitrogen and oxygen atoms in total. The number of hydrogen-bond donors (Lipinski definition) is 16. The van der Waals surface area contributed by atoms with Crippen molar-refractivity contribution in [3.8, 4) is 34.3 Å². The molecule has 1 spiro atoms. The zero-order valence-electron chi connectivity index (χ0n) is 35.9. The van der Waals surface area contributed by atoms with E-state index in [9.17, 15) is 80.8 Å². The average molecular weight is 968 g/mol. The van der Waals surface area contributed by atoms with Gasteiger partial charge in [-0.15, -0.1) is 0 Å². The van der Waals surface area contributed by atoms with E-state index in [1.165, 1.54) is 18.3 Å². The van der Waals surface area contributed by atoms with E-state index in [-0.39, 0.29) is 46.4 Å². The number of phenols is 3. The number of aliphatic carboxylic acids is 1. The Morgan fingerprint density at radius 2 is 1.67 bits per heavy atom. The van der Waals surface area contributed by atoms with Gasteiger partial charge in [-0.3, -0.25) is 4.79 Å². The third-order valence-electron chi connectivity index (χ3n) is 12.5. The van der Waals surface area contributed by atoms with Crippen molar-refractivity contribution in [1.29, 1.82) is 0 Å². The van der Waals surface area contributed by atoms with E-state index in [0.29, 0.717) is 11.3 Å². The molecular weight excluding hydrogens is 918 g/mol. The fourth-order valence-electron chi connectivity index (χ4n) is 8.98. The number of nitrogens with two attached hydrogens (primary N) is 1. The molecular formula is C45H49N3O21. The number of H-pyrrole nitrogens is 1. The number of esters is 1. The number of aliphatic hydroxyl groups is 9. The van der Waals surface area contributed by atoms with Crippen LogP contribution >= 0.6 is 0 Å². The van der Waals surface area contributed by atoms with Gasteiger partial charge in [0.05, 0.1) is 6.17 Å². The Kier molecular flexibility index (Phi) is 13.1. The van der Waals surface area contributed by atoms with Crippen LogP contribution in [-0.2, 0) is 36.6 Å². The number of phenolic OH excluding ortho intramolecular Hbond substituents is 3. The predicted molar refractivity (Wildman–Crippen MR) is 230 cm³/mol. The summed E-state index contributed by atoms with van der Waals surface area (Å²) in [5, 5.41) is 143. The topological polar surface area (TPSA) is 418 Å². The summed E-state index contributed by atoms with van der Waals surface area (Å²) in [5.41, 5.74) is 5.45. The van der Waals surface area contributed by atoms with Crippen LogP contribution in [-0.4, -0.2) is 163 Å². The minimum atomic E-state index is -3.67. The molecule has 8 rings (SSSR count). The van der Waals surface area contributed by atoms with Crippen LogP contribution in [0.3, 0.4) is 0 Å². The second kappa shape index (κ2) is 18.5. The van der Waals surface area contributed by atoms with Crippen molar-refractivity contribution in [3.05, 3.63) is 105 Å². The molecule has 0 aliphatic carbocycles. The highest BCUT2D eigenvalue weighted by atomic mass is 16.8. The number of ether oxygens (including phenoxy) is 4. The molecule has 2 saturated heterocycles. The van der Waals surface area contributed by atoms with Crippen LogP contribution in [0.5, 0.6) is 23.0 Å². The van der Waals surface area contributed by atoms with Crippen LogP contribution < -0.4 is 21.2 Å². The van der Waals surface area contributed by atoms with E-state index in [1.54, 1.807) is 30.5 Å². The van der Waals surface area contributed by atoms with E-state index in [4.69, 9.17) is 29.1 Å². The summed E-state index contributed by atoms with van der Waals surface area (Å²) in [6, 6.07) is 7.77. The Morgan fingerprint density at radius 3 is 2.32 bits per heavy atom. The first-order valence-electron chi connectivity index (χ1n) is 21.4. The smallest absolute Gasteiger partial charge is 0.340 e. The number of rotatable bonds is 12. The van der Waals surface area contributed by atoms with Crippen molar-refractivity contribution >= 4 is 22.9 Å². The molecule has 2 aromatic carbocycles. The van der Waals surface area contributed by atoms with Crippen molar-refractivity contribution < 1.29 is 99.3 Å². The number of aliphatic hydroxyl groups excluding tert-OH is 7. The van der Waals surface area contributed by atoms with Crippen molar-refractivity contribution in [1.82, 2.24) is 10.3 Å². The van der Waals surface area contributed by atoms with Crippen molar-refractivity contribution in [3.63, 3.8) is 0 Å². The lowest BCUT2D eigenvalue weighted by molar-refractivity contribution is -0.412. The molecule has 4 aliphatic rings. The zero-order valence-corrected chi connectivity index (χ0v) is 35.9. The number of benzene rings is 2. The van der Waals surface area contributed by atoms with Gasteiger partial charge < -0.3 is 106 Å². The predicted octanol–water partition coefficient (Wildman–Crippen LogP) is -2.51. The van der Waals surface area contributed by atoms with Gasteiger partial charge in [-0.05, 0) is 48.8 Å². The fraction of sp³-hybridized carbons (Fsp3) is 0.400. The second-order valence-corrected chi connectivity index (χ2v) is 17.0. The van der Waals surface area contributed by atoms with Gasteiger partial charge in [-0.2, -0.15) is 0 Å². The number of aromatic hydroxyl groups is 3. The van der Waals surface area contributed by atoms with E-state index in [2.05, 4.69) is 10.3 Å². The summed E-state index contributed by atoms with van der Waals surface area (Å²) in [7, 11) is 0. The van der Waals surface area contributed by atoms with Gasteiger partial charge in [-0.25, -0.2) is 9.59 Å². The molecule has 11 atom stereocenters. The van der Waals surface area contributed by atoms with E-state index < -0.39 is 144 Å². The molecule has 0 bridgehead atoms. The largest absolute Gasteiger partial charge is 0.507 e. The maximum absolute atomic E-state index is 14.5. The number of carboxylic acid groups (broad SMARTS) is 1. The zero-order chi connectivity index (χ0) is 49.9. The van der Waals surface area contributed by atoms with E-state index in [1.807, 2.05) is 0 Å². The SMILES string of the molecule is NC1C=CC(C2C=C(Cc3ccc[nH]3)C3(Oc4cc5oc(-c6cc(O)c(O)c(CCO)c6)cc(=O)c5c(O)c42)OC(C(=O)OC2(CCCO)OC(C(=O)O)C(O)(O)C(O)C2O)C(O)C(O)C3O)=CN1. The maximum atomic E-state index is 14.5. The molecule has 17 N–H and O–H groups in total. The number of nitrogens with one attached hydrogen (secondary N) is 2. The van der Waals surface area contributed by atoms with E-state index in [0.717, 1.165) is 18.2 Å². The number of carbonyl (C=O) groups is 2. The normalized spacial score (nSPS) is 30.7. The van der Waals surface area contributed by atoms with Crippen LogP contribution in [0.4, 0.5) is 0 Å². The number of dihydropyridines is 1. The molecule has 6 heterocycles. The Hall–Kier alpha value is -6.39. The summed E-state index contributed by atoms with van der Waals surface area (Å²) in [5.74, 6) is -17.1. The molecule has 0 saturated carbocycles. The Balaban J connectivity index is 1.32. The first kappa shape index (κ1) is 49.0. The molecule has 0 radical (unpaired) electrons. The molecule has 69 heavy (non-hydrogen) atoms. The Bertz CT molecular complexity index is 2790. The average Bonchev–Trinajstić information content (AvgIpc) is 3.78. The third-order valence-corrected chi connectivity index (χ3v) is 12.5. The van der Waals surface area contributed by atoms with Crippen LogP contribution in [0.15, 0.2) is 87.4 Å². The Morgan fingerprint density at radius 1 is 0.913 bits per heavy atom. The van der Waals surface area contributed by atoms with Crippen LogP contribution in [0.2, 0.25) is 0 Å². The molecule has 11 unspecified atom stereocenters. The summed E-state index contributed by atoms with van der Waals surface area (Å²) < 4.78 is 29.9. The number of aromatic nitrogens is 1. The van der Waals surface area contributed by atoms with Gasteiger partial charge in [0.1, 0.15) is 46.5 Å². The lowest BCUT2D eigenvalue weighted by Crippen LogP contribution is -2.74. The monoisotopic (exact) mass is 967 g/mol. The summed E-state index contributed by atoms with van der Waals surface area (Å²) in [4.78, 5) is 43.7. The van der Waals surface area contributed by atoms with Gasteiger partial charge in [0, 0.05) is 84.5 Å². The molecule has 0 amide bonds. The van der Waals surface area contributed by atoms with Crippen LogP contribution in [0.25, 0.3) is 22.3 Å². The number of fused-ring (bicyclic) bond motifs is 2. The second-order valence-electron chi connectivity index (χ2n) is 17.0. The van der Waals surface area contributed by atoms with Gasteiger partial charge in [0.2, 0.25) is 17.7 Å². The van der Waals surface area contributed by atoms with Crippen molar-refractivity contribution in [2.75, 3.05) is 13.2 Å². The maximum Gasteiger partial charge on any atom is 0.340 e. The minimum Gasteiger partial charge on any atom is -0.507 e. The van der Waals surface area contributed by atoms with Crippen LogP contribution in [0.1, 0.15) is 35.6 Å². The molecule has 2 fully saturated rings. The Labute approximate surface area is 388 Å². The van der Waals surface area contributed by atoms with Crippen LogP contribution in [0, 0.1) is 0 Å². The highest BCUT2D eigenvalue weighted by Gasteiger charge is 2.67. The summed E-state index contributed by atoms with van der Waals surface area (Å²) >= 11 is 0. The van der Waals surface area contributed by atoms with Gasteiger partial charge in [0.25, 0.3) is 5.79 Å². The number of allylic oxidation sites excluding steroid dienone is 3. The van der Waals surface area contributed by atoms with Crippen molar-refractivity contribution in [2.45, 2.75) is 97.9 Å². The number of carbonyl (C=O) groups excluding carboxylic acids is 1. The fourth-order valence-corrected chi connectivity index (χ4v) is 8.98. The lowest BCUT2D eigenvalue weighted by Gasteiger charge is -2.51. The number of hydrogen-bond acceptors (Lipinski definition) is 22. The molecule has 24 heteroatoms. The van der Waals surface area contributed by atoms with Crippen molar-refractivity contribution in [2.24, 2.45) is 5.73 Å². The van der Waals surface area contributed by atoms with E-state index >= 15 is 0 Å². The summed E-state index contributed by atoms with van der Waals surface area (Å²) in [6.07, 6.45) is -12.8. The highest BCUT2D eigenvalue weighted by molar-refractivity contribution is 5.89. The third kappa shape index (κ3) is 8.49. The first-order chi connectivity index (χ1) is 32.7. The quantitative estimate of drug-likeness (QED) is 0.0302. The molecule has 370 valence electrons. The standard InChI is InChI=1S/C45H49N3O21/c46-29-5-4-19(17-48-29)23-14-21(13-22-3-1-8-47-22)45(66-28-16-27-31(33(54)30(23)28)24(51)15-26(65-27)20-11-18(6-10-50)32(53)25(52)12-20)37(57)35(56)34(55)36(67-45)42(62)69-43(7-2-9-49)38(58)39(59)44(63,64)40(68-43)41(60)61/h1,3-5,8,11-12,14-17,23,29,34-40,47-50,52-59,63-64H,2,6-7,9-10,13,46H2,(H,60,61). The number of aromatic amines is 1. The summed E-state index contributed by atoms with van der Waals surface area (Å²) in [6.45, 7) is -1.13. The number of carboxylic acids is 1. The first-order valence-corrected chi connectivity index (χ1v) is 21.4. The van der Waals surface area contributed by atoms with Gasteiger partial charge >= 0.3 is 11.9 Å².